The lowest BCUT2D eigenvalue weighted by molar-refractivity contribution is 0.0376. The van der Waals surface area contributed by atoms with Crippen LogP contribution in [-0.4, -0.2) is 63.1 Å². The highest BCUT2D eigenvalue weighted by atomic mass is 16.3. The number of carbonyl (C=O) groups excluding carboxylic acids is 1. The van der Waals surface area contributed by atoms with E-state index in [2.05, 4.69) is 12.0 Å². The number of hydrogen-bond acceptors (Lipinski definition) is 5. The standard InChI is InChI=1S/C7H12N2O5/c10-3-1-2-8(4-11)7(14)9(5-12)6-13/h10-13H,3-6H2. The van der Waals surface area contributed by atoms with Crippen LogP contribution >= 0.6 is 0 Å². The molecule has 0 saturated heterocycles. The Morgan fingerprint density at radius 1 is 1.07 bits per heavy atom. The lowest BCUT2D eigenvalue weighted by Crippen LogP contribution is -2.42. The molecular weight excluding hydrogens is 192 g/mol. The van der Waals surface area contributed by atoms with Crippen molar-refractivity contribution in [2.75, 3.05) is 26.8 Å². The first kappa shape index (κ1) is 12.7. The topological polar surface area (TPSA) is 104 Å². The minimum absolute atomic E-state index is 0.456. The summed E-state index contributed by atoms with van der Waals surface area (Å²) in [5.74, 6) is 2.14. The molecule has 0 aliphatic rings. The van der Waals surface area contributed by atoms with E-state index in [4.69, 9.17) is 20.4 Å². The van der Waals surface area contributed by atoms with Crippen molar-refractivity contribution < 1.29 is 25.2 Å². The third-order valence-corrected chi connectivity index (χ3v) is 1.28. The van der Waals surface area contributed by atoms with Crippen molar-refractivity contribution in [2.24, 2.45) is 0 Å². The van der Waals surface area contributed by atoms with Crippen molar-refractivity contribution in [3.8, 4) is 12.0 Å². The summed E-state index contributed by atoms with van der Waals surface area (Å²) in [6, 6.07) is 1.29. The molecule has 0 aromatic carbocycles. The molecule has 4 N–H and O–H groups in total. The molecular formula is C7H12N2O5. The van der Waals surface area contributed by atoms with Crippen LogP contribution in [0, 0.1) is 12.0 Å². The van der Waals surface area contributed by atoms with E-state index in [0.29, 0.717) is 9.80 Å². The van der Waals surface area contributed by atoms with Crippen molar-refractivity contribution in [2.45, 2.75) is 0 Å². The molecule has 7 nitrogen and oxygen atoms in total. The zero-order valence-corrected chi connectivity index (χ0v) is 7.42. The molecule has 0 unspecified atom stereocenters. The summed E-state index contributed by atoms with van der Waals surface area (Å²) in [5.41, 5.74) is 0. The Kier molecular flexibility index (Phi) is 6.43. The Bertz CT molecular complexity index is 230. The molecule has 0 aliphatic carbocycles. The quantitative estimate of drug-likeness (QED) is 0.231. The molecule has 0 aromatic heterocycles. The molecule has 0 spiro atoms. The third kappa shape index (κ3) is 3.59. The van der Waals surface area contributed by atoms with Crippen molar-refractivity contribution in [1.82, 2.24) is 9.80 Å². The van der Waals surface area contributed by atoms with Gasteiger partial charge in [-0.15, -0.1) is 0 Å². The van der Waals surface area contributed by atoms with Crippen LogP contribution in [0.2, 0.25) is 0 Å². The fraction of sp³-hybridized carbons (Fsp3) is 0.571. The summed E-state index contributed by atoms with van der Waals surface area (Å²) >= 11 is 0. The van der Waals surface area contributed by atoms with E-state index in [0.717, 1.165) is 0 Å². The Labute approximate surface area is 80.8 Å². The van der Waals surface area contributed by atoms with Gasteiger partial charge in [-0.05, 0) is 0 Å². The second-order valence-electron chi connectivity index (χ2n) is 2.12. The Morgan fingerprint density at radius 3 is 2.00 bits per heavy atom. The van der Waals surface area contributed by atoms with Gasteiger partial charge in [0.2, 0.25) is 0 Å². The second-order valence-corrected chi connectivity index (χ2v) is 2.12. The van der Waals surface area contributed by atoms with Gasteiger partial charge in [0.05, 0.1) is 0 Å². The van der Waals surface area contributed by atoms with E-state index in [-0.39, 0.29) is 0 Å². The largest absolute Gasteiger partial charge is 0.384 e. The number of carbonyl (C=O) groups is 1. The number of hydrogen-bond donors (Lipinski definition) is 4. The summed E-state index contributed by atoms with van der Waals surface area (Å²) < 4.78 is 0. The van der Waals surface area contributed by atoms with Crippen LogP contribution in [0.5, 0.6) is 0 Å². The summed E-state index contributed by atoms with van der Waals surface area (Å²) in [6.45, 7) is -2.52. The molecule has 2 amide bonds. The van der Waals surface area contributed by atoms with E-state index >= 15 is 0 Å². The molecule has 0 heterocycles. The fourth-order valence-electron chi connectivity index (χ4n) is 0.611. The summed E-state index contributed by atoms with van der Waals surface area (Å²) in [5, 5.41) is 34.2. The van der Waals surface area contributed by atoms with Crippen LogP contribution in [0.1, 0.15) is 0 Å². The number of urea groups is 1. The van der Waals surface area contributed by atoms with Gasteiger partial charge in [-0.3, -0.25) is 4.90 Å². The molecule has 80 valence electrons. The number of rotatable bonds is 3. The van der Waals surface area contributed by atoms with Crippen LogP contribution in [-0.2, 0) is 0 Å². The van der Waals surface area contributed by atoms with E-state index in [1.54, 1.807) is 0 Å². The lowest BCUT2D eigenvalue weighted by atomic mass is 10.6. The highest BCUT2D eigenvalue weighted by Gasteiger charge is 2.17. The van der Waals surface area contributed by atoms with E-state index in [9.17, 15) is 4.79 Å². The first-order valence-corrected chi connectivity index (χ1v) is 3.69. The molecule has 0 atom stereocenters. The SMILES string of the molecule is O=C(N(C#CCO)CO)N(CO)CO. The van der Waals surface area contributed by atoms with Gasteiger partial charge in [0.25, 0.3) is 0 Å². The van der Waals surface area contributed by atoms with Gasteiger partial charge >= 0.3 is 6.03 Å². The number of aliphatic hydroxyl groups is 4. The predicted molar refractivity (Wildman–Crippen MR) is 45.2 cm³/mol. The number of aliphatic hydroxyl groups excluding tert-OH is 4. The van der Waals surface area contributed by atoms with Crippen LogP contribution in [0.4, 0.5) is 4.79 Å². The van der Waals surface area contributed by atoms with Crippen LogP contribution in [0.3, 0.4) is 0 Å². The normalized spacial score (nSPS) is 8.86. The third-order valence-electron chi connectivity index (χ3n) is 1.28. The molecule has 0 bridgehead atoms. The molecule has 0 radical (unpaired) electrons. The first-order valence-electron chi connectivity index (χ1n) is 3.69. The van der Waals surface area contributed by atoms with E-state index in [1.165, 1.54) is 0 Å². The highest BCUT2D eigenvalue weighted by molar-refractivity contribution is 5.75. The maximum absolute atomic E-state index is 11.2. The molecule has 14 heavy (non-hydrogen) atoms. The Hall–Kier alpha value is -1.33. The number of nitrogens with zero attached hydrogens (tertiary/aromatic N) is 2. The summed E-state index contributed by atoms with van der Waals surface area (Å²) in [7, 11) is 0. The van der Waals surface area contributed by atoms with Gasteiger partial charge in [0.15, 0.2) is 0 Å². The Morgan fingerprint density at radius 2 is 1.64 bits per heavy atom. The molecule has 0 fully saturated rings. The van der Waals surface area contributed by atoms with E-state index in [1.807, 2.05) is 0 Å². The maximum Gasteiger partial charge on any atom is 0.337 e. The highest BCUT2D eigenvalue weighted by Crippen LogP contribution is 1.94. The van der Waals surface area contributed by atoms with Gasteiger partial charge < -0.3 is 20.4 Å². The Balaban J connectivity index is 4.43. The van der Waals surface area contributed by atoms with Crippen molar-refractivity contribution in [1.29, 1.82) is 0 Å². The van der Waals surface area contributed by atoms with E-state index < -0.39 is 32.8 Å². The van der Waals surface area contributed by atoms with Crippen LogP contribution < -0.4 is 0 Å². The van der Waals surface area contributed by atoms with Crippen molar-refractivity contribution >= 4 is 6.03 Å². The van der Waals surface area contributed by atoms with Gasteiger partial charge in [-0.2, -0.15) is 0 Å². The van der Waals surface area contributed by atoms with Crippen molar-refractivity contribution in [3.63, 3.8) is 0 Å². The zero-order chi connectivity index (χ0) is 11.0. The van der Waals surface area contributed by atoms with Crippen molar-refractivity contribution in [3.05, 3.63) is 0 Å². The van der Waals surface area contributed by atoms with Crippen LogP contribution in [0.15, 0.2) is 0 Å². The average molecular weight is 204 g/mol. The van der Waals surface area contributed by atoms with Gasteiger partial charge in [0.1, 0.15) is 26.8 Å². The summed E-state index contributed by atoms with van der Waals surface area (Å²) in [4.78, 5) is 12.5. The zero-order valence-electron chi connectivity index (χ0n) is 7.42. The average Bonchev–Trinajstić information content (AvgIpc) is 2.21. The predicted octanol–water partition coefficient (Wildman–Crippen LogP) is -2.49. The smallest absolute Gasteiger partial charge is 0.337 e. The molecule has 0 saturated carbocycles. The first-order chi connectivity index (χ1) is 6.71. The fourth-order valence-corrected chi connectivity index (χ4v) is 0.611. The minimum atomic E-state index is -0.849. The molecule has 7 heteroatoms. The lowest BCUT2D eigenvalue weighted by Gasteiger charge is -2.21. The van der Waals surface area contributed by atoms with Crippen LogP contribution in [0.25, 0.3) is 0 Å². The minimum Gasteiger partial charge on any atom is -0.384 e. The summed E-state index contributed by atoms with van der Waals surface area (Å²) in [6.07, 6.45) is 0. The van der Waals surface area contributed by atoms with Gasteiger partial charge in [0, 0.05) is 6.04 Å². The van der Waals surface area contributed by atoms with Gasteiger partial charge in [-0.1, -0.05) is 5.92 Å². The number of amides is 2. The maximum atomic E-state index is 11.2. The molecule has 0 aromatic rings. The monoisotopic (exact) mass is 204 g/mol. The second kappa shape index (κ2) is 7.11. The molecule has 0 rings (SSSR count). The van der Waals surface area contributed by atoms with Gasteiger partial charge in [-0.25, -0.2) is 9.69 Å². The molecule has 0 aliphatic heterocycles.